The maximum absolute atomic E-state index is 12.9. The van der Waals surface area contributed by atoms with Gasteiger partial charge in [-0.25, -0.2) is 0 Å². The molecule has 3 heteroatoms. The molecule has 0 saturated carbocycles. The van der Waals surface area contributed by atoms with Crippen LogP contribution in [0, 0.1) is 5.92 Å². The Balaban J connectivity index is 1.73. The summed E-state index contributed by atoms with van der Waals surface area (Å²) in [7, 11) is 0. The lowest BCUT2D eigenvalue weighted by Crippen LogP contribution is -2.46. The number of carbonyl (C=O) groups excluding carboxylic acids is 1. The molecule has 20 heavy (non-hydrogen) atoms. The van der Waals surface area contributed by atoms with Gasteiger partial charge in [0.2, 0.25) is 5.91 Å². The Kier molecular flexibility index (Phi) is 4.06. The molecule has 2 aliphatic rings. The Hall–Kier alpha value is -1.35. The number of benzene rings is 1. The van der Waals surface area contributed by atoms with Crippen molar-refractivity contribution in [3.63, 3.8) is 0 Å². The Morgan fingerprint density at radius 3 is 2.50 bits per heavy atom. The van der Waals surface area contributed by atoms with Gasteiger partial charge >= 0.3 is 0 Å². The van der Waals surface area contributed by atoms with Gasteiger partial charge in [0, 0.05) is 25.0 Å². The van der Waals surface area contributed by atoms with Crippen LogP contribution in [0.5, 0.6) is 0 Å². The molecular weight excluding hydrogens is 248 g/mol. The lowest BCUT2D eigenvalue weighted by atomic mass is 10.0. The van der Waals surface area contributed by atoms with Gasteiger partial charge in [0.05, 0.1) is 0 Å². The standard InChI is InChI=1S/C17H24N2O/c18-12-16-8-2-1-5-9-19(16)17(20)15-10-13-6-3-4-7-14(13)11-15/h3-4,6-7,15-16H,1-2,5,8-12,18H2. The number of fused-ring (bicyclic) bond motifs is 1. The first kappa shape index (κ1) is 13.6. The van der Waals surface area contributed by atoms with E-state index in [0.717, 1.165) is 32.2 Å². The fourth-order valence-electron chi connectivity index (χ4n) is 3.68. The molecule has 3 nitrogen and oxygen atoms in total. The first-order chi connectivity index (χ1) is 9.79. The van der Waals surface area contributed by atoms with Crippen LogP contribution in [0.15, 0.2) is 24.3 Å². The highest BCUT2D eigenvalue weighted by Gasteiger charge is 2.33. The predicted octanol–water partition coefficient (Wildman–Crippen LogP) is 2.13. The van der Waals surface area contributed by atoms with Crippen molar-refractivity contribution in [2.45, 2.75) is 44.6 Å². The molecule has 1 aromatic rings. The number of hydrogen-bond acceptors (Lipinski definition) is 2. The molecule has 0 bridgehead atoms. The lowest BCUT2D eigenvalue weighted by Gasteiger charge is -2.31. The summed E-state index contributed by atoms with van der Waals surface area (Å²) in [5.74, 6) is 0.470. The molecule has 1 heterocycles. The van der Waals surface area contributed by atoms with E-state index in [2.05, 4.69) is 29.2 Å². The van der Waals surface area contributed by atoms with E-state index in [1.54, 1.807) is 0 Å². The fraction of sp³-hybridized carbons (Fsp3) is 0.588. The minimum Gasteiger partial charge on any atom is -0.338 e. The van der Waals surface area contributed by atoms with Gasteiger partial charge in [-0.05, 0) is 36.8 Å². The number of nitrogens with zero attached hydrogens (tertiary/aromatic N) is 1. The van der Waals surface area contributed by atoms with Gasteiger partial charge in [-0.2, -0.15) is 0 Å². The van der Waals surface area contributed by atoms with Gasteiger partial charge in [0.25, 0.3) is 0 Å². The van der Waals surface area contributed by atoms with Crippen LogP contribution >= 0.6 is 0 Å². The van der Waals surface area contributed by atoms with Crippen LogP contribution < -0.4 is 5.73 Å². The largest absolute Gasteiger partial charge is 0.338 e. The molecule has 108 valence electrons. The van der Waals surface area contributed by atoms with E-state index >= 15 is 0 Å². The highest BCUT2D eigenvalue weighted by Crippen LogP contribution is 2.29. The third-order valence-electron chi connectivity index (χ3n) is 4.83. The summed E-state index contributed by atoms with van der Waals surface area (Å²) in [5.41, 5.74) is 8.59. The third kappa shape index (κ3) is 2.59. The number of carbonyl (C=O) groups is 1. The highest BCUT2D eigenvalue weighted by molar-refractivity contribution is 5.81. The second-order valence-corrected chi connectivity index (χ2v) is 6.14. The number of rotatable bonds is 2. The van der Waals surface area contributed by atoms with Crippen LogP contribution in [-0.2, 0) is 17.6 Å². The smallest absolute Gasteiger partial charge is 0.226 e. The van der Waals surface area contributed by atoms with Crippen molar-refractivity contribution in [2.75, 3.05) is 13.1 Å². The molecular formula is C17H24N2O. The average molecular weight is 272 g/mol. The fourth-order valence-corrected chi connectivity index (χ4v) is 3.68. The normalized spacial score (nSPS) is 23.4. The van der Waals surface area contributed by atoms with Gasteiger partial charge in [-0.15, -0.1) is 0 Å². The van der Waals surface area contributed by atoms with Gasteiger partial charge < -0.3 is 10.6 Å². The molecule has 1 aromatic carbocycles. The summed E-state index contributed by atoms with van der Waals surface area (Å²) in [6.07, 6.45) is 6.44. The average Bonchev–Trinajstić information content (AvgIpc) is 2.77. The van der Waals surface area contributed by atoms with E-state index < -0.39 is 0 Å². The summed E-state index contributed by atoms with van der Waals surface area (Å²) >= 11 is 0. The van der Waals surface area contributed by atoms with Crippen LogP contribution in [0.3, 0.4) is 0 Å². The van der Waals surface area contributed by atoms with Crippen molar-refractivity contribution in [3.8, 4) is 0 Å². The lowest BCUT2D eigenvalue weighted by molar-refractivity contribution is -0.137. The van der Waals surface area contributed by atoms with E-state index in [9.17, 15) is 4.79 Å². The first-order valence-electron chi connectivity index (χ1n) is 7.87. The molecule has 1 atom stereocenters. The Morgan fingerprint density at radius 2 is 1.85 bits per heavy atom. The summed E-state index contributed by atoms with van der Waals surface area (Å²) in [5, 5.41) is 0. The SMILES string of the molecule is NCC1CCCCCN1C(=O)C1Cc2ccccc2C1. The molecule has 0 radical (unpaired) electrons. The molecule has 1 aliphatic heterocycles. The Morgan fingerprint density at radius 1 is 1.15 bits per heavy atom. The molecule has 1 aliphatic carbocycles. The van der Waals surface area contributed by atoms with E-state index in [4.69, 9.17) is 5.73 Å². The molecule has 1 fully saturated rings. The Labute approximate surface area is 121 Å². The maximum Gasteiger partial charge on any atom is 0.226 e. The van der Waals surface area contributed by atoms with E-state index in [-0.39, 0.29) is 12.0 Å². The third-order valence-corrected chi connectivity index (χ3v) is 4.83. The molecule has 0 spiro atoms. The second kappa shape index (κ2) is 5.96. The summed E-state index contributed by atoms with van der Waals surface area (Å²) in [6, 6.07) is 8.71. The van der Waals surface area contributed by atoms with Crippen LogP contribution in [0.25, 0.3) is 0 Å². The highest BCUT2D eigenvalue weighted by atomic mass is 16.2. The maximum atomic E-state index is 12.9. The van der Waals surface area contributed by atoms with Crippen molar-refractivity contribution in [1.82, 2.24) is 4.90 Å². The van der Waals surface area contributed by atoms with E-state index in [1.165, 1.54) is 24.0 Å². The van der Waals surface area contributed by atoms with Gasteiger partial charge in [0.1, 0.15) is 0 Å². The molecule has 1 amide bonds. The zero-order chi connectivity index (χ0) is 13.9. The van der Waals surface area contributed by atoms with Crippen molar-refractivity contribution in [1.29, 1.82) is 0 Å². The van der Waals surface area contributed by atoms with E-state index in [0.29, 0.717) is 12.5 Å². The number of amides is 1. The van der Waals surface area contributed by atoms with Crippen molar-refractivity contribution in [2.24, 2.45) is 11.7 Å². The molecule has 1 unspecified atom stereocenters. The quantitative estimate of drug-likeness (QED) is 0.896. The molecule has 0 aromatic heterocycles. The second-order valence-electron chi connectivity index (χ2n) is 6.14. The minimum absolute atomic E-state index is 0.138. The predicted molar refractivity (Wildman–Crippen MR) is 80.4 cm³/mol. The summed E-state index contributed by atoms with van der Waals surface area (Å²) in [4.78, 5) is 14.9. The van der Waals surface area contributed by atoms with Gasteiger partial charge in [-0.3, -0.25) is 4.79 Å². The van der Waals surface area contributed by atoms with Crippen LogP contribution in [-0.4, -0.2) is 29.9 Å². The number of hydrogen-bond donors (Lipinski definition) is 1. The van der Waals surface area contributed by atoms with E-state index in [1.807, 2.05) is 0 Å². The number of likely N-dealkylation sites (tertiary alicyclic amines) is 1. The molecule has 2 N–H and O–H groups in total. The van der Waals surface area contributed by atoms with Gasteiger partial charge in [0.15, 0.2) is 0 Å². The van der Waals surface area contributed by atoms with Crippen LogP contribution in [0.4, 0.5) is 0 Å². The van der Waals surface area contributed by atoms with Crippen LogP contribution in [0.1, 0.15) is 36.8 Å². The molecule has 3 rings (SSSR count). The number of nitrogens with two attached hydrogens (primary N) is 1. The summed E-state index contributed by atoms with van der Waals surface area (Å²) < 4.78 is 0. The van der Waals surface area contributed by atoms with Crippen molar-refractivity contribution in [3.05, 3.63) is 35.4 Å². The zero-order valence-electron chi connectivity index (χ0n) is 12.1. The summed E-state index contributed by atoms with van der Waals surface area (Å²) in [6.45, 7) is 1.50. The minimum atomic E-state index is 0.138. The monoisotopic (exact) mass is 272 g/mol. The molecule has 1 saturated heterocycles. The van der Waals surface area contributed by atoms with Crippen molar-refractivity contribution < 1.29 is 4.79 Å². The van der Waals surface area contributed by atoms with Crippen molar-refractivity contribution >= 4 is 5.91 Å². The van der Waals surface area contributed by atoms with Crippen LogP contribution in [0.2, 0.25) is 0 Å². The first-order valence-corrected chi connectivity index (χ1v) is 7.87. The Bertz CT molecular complexity index is 461. The topological polar surface area (TPSA) is 46.3 Å². The zero-order valence-corrected chi connectivity index (χ0v) is 12.1. The van der Waals surface area contributed by atoms with Gasteiger partial charge in [-0.1, -0.05) is 37.1 Å².